The molecule has 0 aromatic rings. The van der Waals surface area contributed by atoms with Gasteiger partial charge in [-0.05, 0) is 13.8 Å². The predicted octanol–water partition coefficient (Wildman–Crippen LogP) is -0.179. The first kappa shape index (κ1) is 15.6. The first-order chi connectivity index (χ1) is 8.41. The van der Waals surface area contributed by atoms with Crippen molar-refractivity contribution in [3.63, 3.8) is 0 Å². The summed E-state index contributed by atoms with van der Waals surface area (Å²) in [5.74, 6) is 0. The van der Waals surface area contributed by atoms with Crippen molar-refractivity contribution in [2.75, 3.05) is 32.8 Å². The maximum absolute atomic E-state index is 12.4. The summed E-state index contributed by atoms with van der Waals surface area (Å²) in [6, 6.07) is 0. The summed E-state index contributed by atoms with van der Waals surface area (Å²) in [6.07, 6.45) is 1.27. The van der Waals surface area contributed by atoms with Gasteiger partial charge < -0.3 is 9.84 Å². The van der Waals surface area contributed by atoms with E-state index >= 15 is 0 Å². The normalized spacial score (nSPS) is 26.4. The molecule has 0 bridgehead atoms. The topological polar surface area (TPSA) is 70.1 Å². The average molecular weight is 278 g/mol. The molecule has 1 rings (SSSR count). The number of hydrogen-bond donors (Lipinski definition) is 1. The highest BCUT2D eigenvalue weighted by Crippen LogP contribution is 2.17. The molecule has 2 unspecified atom stereocenters. The van der Waals surface area contributed by atoms with E-state index < -0.39 is 10.2 Å². The van der Waals surface area contributed by atoms with Crippen molar-refractivity contribution < 1.29 is 18.3 Å². The Kier molecular flexibility index (Phi) is 5.74. The van der Waals surface area contributed by atoms with Crippen molar-refractivity contribution in [3.8, 4) is 0 Å². The van der Waals surface area contributed by atoms with Gasteiger partial charge in [0.1, 0.15) is 0 Å². The predicted molar refractivity (Wildman–Crippen MR) is 69.4 cm³/mol. The fraction of sp³-hybridized carbons (Fsp3) is 0.818. The molecule has 0 amide bonds. The smallest absolute Gasteiger partial charge is 0.282 e. The second-order valence-electron chi connectivity index (χ2n) is 4.45. The van der Waals surface area contributed by atoms with E-state index in [9.17, 15) is 8.42 Å². The standard InChI is InChI=1S/C11H22N2O4S/c1-4-5-12(6-7-14)18(15,16)13-8-10(2)17-11(3)9-13/h4,10-11,14H,1,5-9H2,2-3H3. The lowest BCUT2D eigenvalue weighted by Gasteiger charge is -2.37. The number of rotatable bonds is 6. The third kappa shape index (κ3) is 3.76. The van der Waals surface area contributed by atoms with Crippen molar-refractivity contribution in [1.29, 1.82) is 0 Å². The van der Waals surface area contributed by atoms with Crippen molar-refractivity contribution >= 4 is 10.2 Å². The minimum absolute atomic E-state index is 0.0778. The highest BCUT2D eigenvalue weighted by Gasteiger charge is 2.34. The molecule has 0 aromatic heterocycles. The molecule has 1 N–H and O–H groups in total. The third-order valence-electron chi connectivity index (χ3n) is 2.72. The zero-order valence-electron chi connectivity index (χ0n) is 10.9. The lowest BCUT2D eigenvalue weighted by atomic mass is 10.3. The molecular weight excluding hydrogens is 256 g/mol. The van der Waals surface area contributed by atoms with Gasteiger partial charge in [-0.3, -0.25) is 0 Å². The maximum Gasteiger partial charge on any atom is 0.282 e. The van der Waals surface area contributed by atoms with Crippen LogP contribution in [0.4, 0.5) is 0 Å². The highest BCUT2D eigenvalue weighted by atomic mass is 32.2. The Hall–Kier alpha value is -0.470. The minimum Gasteiger partial charge on any atom is -0.395 e. The molecule has 0 spiro atoms. The van der Waals surface area contributed by atoms with Crippen LogP contribution < -0.4 is 0 Å². The molecule has 1 aliphatic heterocycles. The van der Waals surface area contributed by atoms with Crippen LogP contribution in [0.3, 0.4) is 0 Å². The van der Waals surface area contributed by atoms with Crippen LogP contribution in [0.2, 0.25) is 0 Å². The van der Waals surface area contributed by atoms with Gasteiger partial charge in [-0.1, -0.05) is 6.08 Å². The van der Waals surface area contributed by atoms with Gasteiger partial charge in [0.05, 0.1) is 18.8 Å². The van der Waals surface area contributed by atoms with Crippen LogP contribution in [0.5, 0.6) is 0 Å². The first-order valence-electron chi connectivity index (χ1n) is 6.04. The molecule has 18 heavy (non-hydrogen) atoms. The van der Waals surface area contributed by atoms with Crippen molar-refractivity contribution in [1.82, 2.24) is 8.61 Å². The maximum atomic E-state index is 12.4. The molecule has 0 radical (unpaired) electrons. The summed E-state index contributed by atoms with van der Waals surface area (Å²) >= 11 is 0. The number of hydrogen-bond acceptors (Lipinski definition) is 4. The second kappa shape index (κ2) is 6.63. The molecule has 106 valence electrons. The number of nitrogens with zero attached hydrogens (tertiary/aromatic N) is 2. The lowest BCUT2D eigenvalue weighted by Crippen LogP contribution is -2.53. The lowest BCUT2D eigenvalue weighted by molar-refractivity contribution is -0.0454. The minimum atomic E-state index is -3.56. The van der Waals surface area contributed by atoms with Gasteiger partial charge in [-0.25, -0.2) is 0 Å². The third-order valence-corrected chi connectivity index (χ3v) is 4.66. The molecule has 2 atom stereocenters. The van der Waals surface area contributed by atoms with E-state index in [0.717, 1.165) is 0 Å². The van der Waals surface area contributed by atoms with Gasteiger partial charge in [0.25, 0.3) is 10.2 Å². The molecule has 7 heteroatoms. The molecule has 1 heterocycles. The van der Waals surface area contributed by atoms with E-state index in [1.54, 1.807) is 0 Å². The number of morpholine rings is 1. The Morgan fingerprint density at radius 2 is 2.00 bits per heavy atom. The monoisotopic (exact) mass is 278 g/mol. The Bertz CT molecular complexity index is 361. The van der Waals surface area contributed by atoms with E-state index in [4.69, 9.17) is 9.84 Å². The summed E-state index contributed by atoms with van der Waals surface area (Å²) in [4.78, 5) is 0. The fourth-order valence-corrected chi connectivity index (χ4v) is 3.77. The molecular formula is C11H22N2O4S. The Morgan fingerprint density at radius 3 is 2.44 bits per heavy atom. The van der Waals surface area contributed by atoms with E-state index in [2.05, 4.69) is 6.58 Å². The molecule has 6 nitrogen and oxygen atoms in total. The Morgan fingerprint density at radius 1 is 1.44 bits per heavy atom. The van der Waals surface area contributed by atoms with Crippen LogP contribution in [0.1, 0.15) is 13.8 Å². The van der Waals surface area contributed by atoms with E-state index in [1.165, 1.54) is 14.7 Å². The van der Waals surface area contributed by atoms with Crippen molar-refractivity contribution in [2.45, 2.75) is 26.1 Å². The van der Waals surface area contributed by atoms with Crippen LogP contribution >= 0.6 is 0 Å². The van der Waals surface area contributed by atoms with E-state index in [0.29, 0.717) is 13.1 Å². The number of aliphatic hydroxyl groups excluding tert-OH is 1. The van der Waals surface area contributed by atoms with E-state index in [1.807, 2.05) is 13.8 Å². The summed E-state index contributed by atoms with van der Waals surface area (Å²) in [5.41, 5.74) is 0. The fourth-order valence-electron chi connectivity index (χ4n) is 2.04. The molecule has 1 fully saturated rings. The molecule has 0 saturated carbocycles. The zero-order valence-corrected chi connectivity index (χ0v) is 11.8. The van der Waals surface area contributed by atoms with Gasteiger partial charge in [-0.15, -0.1) is 6.58 Å². The van der Waals surface area contributed by atoms with Gasteiger partial charge in [0.2, 0.25) is 0 Å². The van der Waals surface area contributed by atoms with Gasteiger partial charge in [0, 0.05) is 26.2 Å². The summed E-state index contributed by atoms with van der Waals surface area (Å²) in [5, 5.41) is 8.95. The van der Waals surface area contributed by atoms with Crippen LogP contribution in [0.25, 0.3) is 0 Å². The number of aliphatic hydroxyl groups is 1. The summed E-state index contributed by atoms with van der Waals surface area (Å²) in [7, 11) is -3.56. The van der Waals surface area contributed by atoms with Crippen molar-refractivity contribution in [3.05, 3.63) is 12.7 Å². The van der Waals surface area contributed by atoms with Crippen LogP contribution in [0.15, 0.2) is 12.7 Å². The Labute approximate surface area is 109 Å². The van der Waals surface area contributed by atoms with Crippen LogP contribution in [-0.2, 0) is 14.9 Å². The van der Waals surface area contributed by atoms with Crippen molar-refractivity contribution in [2.24, 2.45) is 0 Å². The Balaban J connectivity index is 2.85. The molecule has 0 aromatic carbocycles. The summed E-state index contributed by atoms with van der Waals surface area (Å²) in [6.45, 7) is 7.99. The van der Waals surface area contributed by atoms with Crippen LogP contribution in [-0.4, -0.2) is 67.1 Å². The SMILES string of the molecule is C=CCN(CCO)S(=O)(=O)N1CC(C)OC(C)C1. The van der Waals surface area contributed by atoms with Gasteiger partial charge >= 0.3 is 0 Å². The first-order valence-corrected chi connectivity index (χ1v) is 7.44. The highest BCUT2D eigenvalue weighted by molar-refractivity contribution is 7.86. The van der Waals surface area contributed by atoms with E-state index in [-0.39, 0.29) is 31.9 Å². The molecule has 1 aliphatic rings. The van der Waals surface area contributed by atoms with Gasteiger partial charge in [0.15, 0.2) is 0 Å². The van der Waals surface area contributed by atoms with Crippen LogP contribution in [0, 0.1) is 0 Å². The largest absolute Gasteiger partial charge is 0.395 e. The van der Waals surface area contributed by atoms with Gasteiger partial charge in [-0.2, -0.15) is 17.0 Å². The average Bonchev–Trinajstić information content (AvgIpc) is 2.27. The zero-order chi connectivity index (χ0) is 13.8. The number of ether oxygens (including phenoxy) is 1. The quantitative estimate of drug-likeness (QED) is 0.684. The summed E-state index contributed by atoms with van der Waals surface area (Å²) < 4.78 is 32.9. The molecule has 1 saturated heterocycles. The second-order valence-corrected chi connectivity index (χ2v) is 6.38. The molecule has 0 aliphatic carbocycles.